The lowest BCUT2D eigenvalue weighted by atomic mass is 9.69. The Morgan fingerprint density at radius 1 is 1.00 bits per heavy atom. The lowest BCUT2D eigenvalue weighted by Crippen LogP contribution is -2.61. The number of hydrogen-bond donors (Lipinski definition) is 1. The summed E-state index contributed by atoms with van der Waals surface area (Å²) in [6.45, 7) is 4.26. The molecule has 5 nitrogen and oxygen atoms in total. The number of carboxylic acids is 1. The Hall–Kier alpha value is -3.81. The molecule has 1 N–H and O–H groups in total. The second-order valence-corrected chi connectivity index (χ2v) is 12.0. The number of nitrogens with zero attached hydrogens (tertiary/aromatic N) is 2. The molecular weight excluding hydrogens is 529 g/mol. The Labute approximate surface area is 237 Å². The molecule has 6 rings (SSSR count). The van der Waals surface area contributed by atoms with Gasteiger partial charge in [0, 0.05) is 17.8 Å². The number of alkyl halides is 3. The van der Waals surface area contributed by atoms with Crippen LogP contribution in [0.1, 0.15) is 61.0 Å². The number of fused-ring (bicyclic) bond motifs is 5. The van der Waals surface area contributed by atoms with E-state index in [2.05, 4.69) is 13.0 Å². The van der Waals surface area contributed by atoms with Crippen molar-refractivity contribution in [3.8, 4) is 0 Å². The van der Waals surface area contributed by atoms with E-state index in [1.165, 1.54) is 22.6 Å². The van der Waals surface area contributed by atoms with Gasteiger partial charge in [-0.25, -0.2) is 4.79 Å². The van der Waals surface area contributed by atoms with Crippen molar-refractivity contribution in [3.05, 3.63) is 89.0 Å². The number of halogens is 3. The highest BCUT2D eigenvalue weighted by molar-refractivity contribution is 6.11. The fourth-order valence-electron chi connectivity index (χ4n) is 7.39. The molecule has 2 aliphatic carbocycles. The standard InChI is InChI=1S/C33H33F3N2O3/c1-19-13-22-15-23(14-19)17-25(16-22)29(32(40)41)38-20(2)37(18-21-7-10-26(11-8-21)33(34,35)36)30-27-6-4-3-5-24(27)9-12-28(30)31(38)39/h3-12,16,19-20,23,25,29H,13-15,17-18H2,1-2H3,(H,40,41)/t19?,20-,23?,25?,29?/m0/s1. The summed E-state index contributed by atoms with van der Waals surface area (Å²) in [7, 11) is 0. The first-order valence-electron chi connectivity index (χ1n) is 14.2. The van der Waals surface area contributed by atoms with Gasteiger partial charge in [-0.15, -0.1) is 0 Å². The van der Waals surface area contributed by atoms with Crippen molar-refractivity contribution in [3.63, 3.8) is 0 Å². The van der Waals surface area contributed by atoms with Crippen molar-refractivity contribution >= 4 is 28.3 Å². The molecule has 3 aromatic carbocycles. The molecule has 2 bridgehead atoms. The molecule has 8 heteroatoms. The molecule has 3 aliphatic rings. The number of carbonyl (C=O) groups is 2. The van der Waals surface area contributed by atoms with Crippen LogP contribution in [0, 0.1) is 17.8 Å². The quantitative estimate of drug-likeness (QED) is 0.327. The van der Waals surface area contributed by atoms with E-state index in [9.17, 15) is 27.9 Å². The molecular formula is C33H33F3N2O3. The molecule has 1 aliphatic heterocycles. The Morgan fingerprint density at radius 3 is 2.41 bits per heavy atom. The minimum Gasteiger partial charge on any atom is -0.480 e. The smallest absolute Gasteiger partial charge is 0.416 e. The highest BCUT2D eigenvalue weighted by atomic mass is 19.4. The van der Waals surface area contributed by atoms with Gasteiger partial charge >= 0.3 is 12.1 Å². The molecule has 0 saturated heterocycles. The first-order valence-corrected chi connectivity index (χ1v) is 14.2. The molecule has 0 radical (unpaired) electrons. The lowest BCUT2D eigenvalue weighted by molar-refractivity contribution is -0.145. The molecule has 5 atom stereocenters. The fraction of sp³-hybridized carbons (Fsp3) is 0.394. The zero-order valence-electron chi connectivity index (χ0n) is 23.1. The minimum atomic E-state index is -4.44. The topological polar surface area (TPSA) is 60.9 Å². The summed E-state index contributed by atoms with van der Waals surface area (Å²) in [4.78, 5) is 30.6. The summed E-state index contributed by atoms with van der Waals surface area (Å²) in [5.74, 6) is -0.717. The average molecular weight is 563 g/mol. The zero-order chi connectivity index (χ0) is 29.1. The third kappa shape index (κ3) is 4.98. The second kappa shape index (κ2) is 10.2. The maximum absolute atomic E-state index is 14.2. The number of rotatable bonds is 5. The van der Waals surface area contributed by atoms with Crippen molar-refractivity contribution in [2.24, 2.45) is 17.8 Å². The van der Waals surface area contributed by atoms with E-state index in [0.717, 1.165) is 42.2 Å². The van der Waals surface area contributed by atoms with Crippen LogP contribution in [0.15, 0.2) is 72.3 Å². The van der Waals surface area contributed by atoms with E-state index in [0.29, 0.717) is 35.1 Å². The Balaban J connectivity index is 1.44. The predicted octanol–water partition coefficient (Wildman–Crippen LogP) is 7.50. The SMILES string of the molecule is CC1CC2=CC(C(C(=O)O)N3C(=O)c4ccc5ccccc5c4N(Cc4ccc(C(F)(F)F)cc4)[C@@H]3C)CC(C2)C1. The molecule has 0 spiro atoms. The summed E-state index contributed by atoms with van der Waals surface area (Å²) < 4.78 is 39.7. The van der Waals surface area contributed by atoms with Gasteiger partial charge in [0.25, 0.3) is 5.91 Å². The number of amides is 1. The van der Waals surface area contributed by atoms with Crippen LogP contribution in [0.5, 0.6) is 0 Å². The average Bonchev–Trinajstić information content (AvgIpc) is 2.91. The van der Waals surface area contributed by atoms with Crippen LogP contribution in [0.4, 0.5) is 18.9 Å². The van der Waals surface area contributed by atoms with Crippen LogP contribution in [0.25, 0.3) is 10.8 Å². The van der Waals surface area contributed by atoms with Crippen LogP contribution in [0.3, 0.4) is 0 Å². The largest absolute Gasteiger partial charge is 0.480 e. The monoisotopic (exact) mass is 562 g/mol. The maximum atomic E-state index is 14.2. The van der Waals surface area contributed by atoms with Gasteiger partial charge in [0.1, 0.15) is 12.2 Å². The molecule has 1 amide bonds. The number of aliphatic carboxylic acids is 1. The van der Waals surface area contributed by atoms with E-state index in [1.807, 2.05) is 42.2 Å². The van der Waals surface area contributed by atoms with Crippen molar-refractivity contribution in [2.75, 3.05) is 4.90 Å². The predicted molar refractivity (Wildman–Crippen MR) is 151 cm³/mol. The summed E-state index contributed by atoms with van der Waals surface area (Å²) in [6, 6.07) is 15.2. The van der Waals surface area contributed by atoms with Crippen molar-refractivity contribution < 1.29 is 27.9 Å². The Kier molecular flexibility index (Phi) is 6.83. The van der Waals surface area contributed by atoms with Crippen LogP contribution in [-0.4, -0.2) is 34.1 Å². The highest BCUT2D eigenvalue weighted by Crippen LogP contribution is 2.45. The van der Waals surface area contributed by atoms with E-state index in [-0.39, 0.29) is 18.4 Å². The number of anilines is 1. The number of hydrogen-bond acceptors (Lipinski definition) is 3. The van der Waals surface area contributed by atoms with E-state index >= 15 is 0 Å². The lowest BCUT2D eigenvalue weighted by Gasteiger charge is -2.49. The zero-order valence-corrected chi connectivity index (χ0v) is 23.1. The molecule has 4 unspecified atom stereocenters. The van der Waals surface area contributed by atoms with Gasteiger partial charge in [-0.3, -0.25) is 4.79 Å². The first-order chi connectivity index (χ1) is 19.5. The van der Waals surface area contributed by atoms with Gasteiger partial charge in [0.2, 0.25) is 0 Å². The summed E-state index contributed by atoms with van der Waals surface area (Å²) in [5.41, 5.74) is 2.26. The fourth-order valence-corrected chi connectivity index (χ4v) is 7.39. The molecule has 1 heterocycles. The van der Waals surface area contributed by atoms with Crippen LogP contribution in [0.2, 0.25) is 0 Å². The molecule has 0 aromatic heterocycles. The molecule has 214 valence electrons. The Bertz CT molecular complexity index is 1530. The van der Waals surface area contributed by atoms with Gasteiger partial charge in [0.05, 0.1) is 16.8 Å². The van der Waals surface area contributed by atoms with Crippen LogP contribution < -0.4 is 4.90 Å². The summed E-state index contributed by atoms with van der Waals surface area (Å²) >= 11 is 0. The van der Waals surface area contributed by atoms with Crippen LogP contribution >= 0.6 is 0 Å². The van der Waals surface area contributed by atoms with Gasteiger partial charge in [-0.1, -0.05) is 61.0 Å². The minimum absolute atomic E-state index is 0.211. The van der Waals surface area contributed by atoms with Gasteiger partial charge in [-0.2, -0.15) is 13.2 Å². The molecule has 41 heavy (non-hydrogen) atoms. The number of allylic oxidation sites excluding steroid dienone is 1. The van der Waals surface area contributed by atoms with E-state index < -0.39 is 29.9 Å². The summed E-state index contributed by atoms with van der Waals surface area (Å²) in [6.07, 6.45) is 0.721. The van der Waals surface area contributed by atoms with Crippen molar-refractivity contribution in [1.82, 2.24) is 4.90 Å². The third-order valence-corrected chi connectivity index (χ3v) is 9.05. The third-order valence-electron chi connectivity index (χ3n) is 9.05. The molecule has 1 saturated carbocycles. The Morgan fingerprint density at radius 2 is 1.73 bits per heavy atom. The van der Waals surface area contributed by atoms with Gasteiger partial charge in [0.15, 0.2) is 0 Å². The number of benzene rings is 3. The first kappa shape index (κ1) is 27.4. The van der Waals surface area contributed by atoms with Gasteiger partial charge < -0.3 is 14.9 Å². The molecule has 3 aromatic rings. The van der Waals surface area contributed by atoms with Crippen molar-refractivity contribution in [2.45, 2.75) is 64.5 Å². The number of carbonyl (C=O) groups excluding carboxylic acids is 1. The normalized spacial score (nSPS) is 25.1. The van der Waals surface area contributed by atoms with Crippen LogP contribution in [-0.2, 0) is 17.5 Å². The number of carboxylic acid groups (broad SMARTS) is 1. The second-order valence-electron chi connectivity index (χ2n) is 12.0. The van der Waals surface area contributed by atoms with Crippen molar-refractivity contribution in [1.29, 1.82) is 0 Å². The van der Waals surface area contributed by atoms with E-state index in [1.54, 1.807) is 6.07 Å². The highest BCUT2D eigenvalue weighted by Gasteiger charge is 2.46. The van der Waals surface area contributed by atoms with E-state index in [4.69, 9.17) is 0 Å². The summed E-state index contributed by atoms with van der Waals surface area (Å²) in [5, 5.41) is 12.3. The van der Waals surface area contributed by atoms with Gasteiger partial charge in [-0.05, 0) is 73.6 Å². The molecule has 1 fully saturated rings. The maximum Gasteiger partial charge on any atom is 0.416 e.